The van der Waals surface area contributed by atoms with Crippen LogP contribution < -0.4 is 0 Å². The van der Waals surface area contributed by atoms with E-state index >= 15 is 0 Å². The minimum absolute atomic E-state index is 0.345. The van der Waals surface area contributed by atoms with E-state index in [1.807, 2.05) is 6.08 Å². The van der Waals surface area contributed by atoms with Crippen molar-refractivity contribution in [2.24, 2.45) is 0 Å². The van der Waals surface area contributed by atoms with Crippen LogP contribution in [0.3, 0.4) is 0 Å². The lowest BCUT2D eigenvalue weighted by Gasteiger charge is -2.49. The van der Waals surface area contributed by atoms with Gasteiger partial charge in [0.05, 0.1) is 6.61 Å². The number of terminal acetylenes is 1. The molecule has 0 bridgehead atoms. The third-order valence-electron chi connectivity index (χ3n) is 3.71. The molecule has 0 unspecified atom stereocenters. The molecule has 2 aliphatic heterocycles. The average molecular weight is 206 g/mol. The Kier molecular flexibility index (Phi) is 2.38. The zero-order chi connectivity index (χ0) is 11.1. The van der Waals surface area contributed by atoms with Crippen molar-refractivity contribution >= 4 is 0 Å². The van der Waals surface area contributed by atoms with Gasteiger partial charge in [-0.1, -0.05) is 12.0 Å². The van der Waals surface area contributed by atoms with Gasteiger partial charge in [0.25, 0.3) is 0 Å². The summed E-state index contributed by atoms with van der Waals surface area (Å²) < 4.78 is 5.93. The van der Waals surface area contributed by atoms with Gasteiger partial charge in [0.1, 0.15) is 11.1 Å². The van der Waals surface area contributed by atoms with E-state index in [-0.39, 0.29) is 5.54 Å². The number of hydrogen-bond acceptors (Lipinski definition) is 3. The Labute approximate surface area is 91.7 Å². The van der Waals surface area contributed by atoms with Crippen molar-refractivity contribution in [1.82, 2.24) is 9.80 Å². The van der Waals surface area contributed by atoms with Crippen molar-refractivity contribution in [1.29, 1.82) is 0 Å². The van der Waals surface area contributed by atoms with Gasteiger partial charge in [-0.2, -0.15) is 0 Å². The van der Waals surface area contributed by atoms with Crippen LogP contribution in [0.4, 0.5) is 0 Å². The van der Waals surface area contributed by atoms with Crippen LogP contribution in [0.25, 0.3) is 0 Å². The summed E-state index contributed by atoms with van der Waals surface area (Å²) in [6, 6.07) is 0. The molecule has 2 fully saturated rings. The standard InChI is InChI=1S/C12H18N2O/c1-5-11-9-13(3)10-12(11,6-2)15-8-7-14(11)4/h1,6H,2,7-10H2,3-4H3/t11-,12+/m1/s1. The van der Waals surface area contributed by atoms with Crippen LogP contribution in [0.15, 0.2) is 12.7 Å². The molecule has 0 aromatic carbocycles. The fraction of sp³-hybridized carbons (Fsp3) is 0.667. The van der Waals surface area contributed by atoms with Gasteiger partial charge < -0.3 is 9.64 Å². The molecule has 3 nitrogen and oxygen atoms in total. The van der Waals surface area contributed by atoms with Crippen LogP contribution in [0.2, 0.25) is 0 Å². The molecule has 0 N–H and O–H groups in total. The third-order valence-corrected chi connectivity index (χ3v) is 3.71. The van der Waals surface area contributed by atoms with Gasteiger partial charge in [-0.25, -0.2) is 0 Å². The van der Waals surface area contributed by atoms with Crippen molar-refractivity contribution < 1.29 is 4.74 Å². The topological polar surface area (TPSA) is 15.7 Å². The van der Waals surface area contributed by atoms with E-state index in [9.17, 15) is 0 Å². The van der Waals surface area contributed by atoms with Crippen molar-refractivity contribution in [3.8, 4) is 12.3 Å². The van der Waals surface area contributed by atoms with E-state index in [4.69, 9.17) is 11.2 Å². The lowest BCUT2D eigenvalue weighted by molar-refractivity contribution is -0.114. The summed E-state index contributed by atoms with van der Waals surface area (Å²) in [5.41, 5.74) is -0.745. The highest BCUT2D eigenvalue weighted by Crippen LogP contribution is 2.41. The molecule has 0 spiro atoms. The van der Waals surface area contributed by atoms with Gasteiger partial charge in [0.2, 0.25) is 0 Å². The van der Waals surface area contributed by atoms with Crippen molar-refractivity contribution in [3.05, 3.63) is 12.7 Å². The second-order valence-corrected chi connectivity index (χ2v) is 4.54. The second-order valence-electron chi connectivity index (χ2n) is 4.54. The average Bonchev–Trinajstić information content (AvgIpc) is 2.53. The van der Waals surface area contributed by atoms with E-state index in [2.05, 4.69) is 36.4 Å². The fourth-order valence-corrected chi connectivity index (χ4v) is 2.85. The number of likely N-dealkylation sites (tertiary alicyclic amines) is 1. The number of rotatable bonds is 1. The quantitative estimate of drug-likeness (QED) is 0.450. The Morgan fingerprint density at radius 2 is 2.20 bits per heavy atom. The fourth-order valence-electron chi connectivity index (χ4n) is 2.85. The number of hydrogen-bond donors (Lipinski definition) is 0. The zero-order valence-electron chi connectivity index (χ0n) is 9.49. The lowest BCUT2D eigenvalue weighted by Crippen LogP contribution is -2.66. The molecule has 2 rings (SSSR count). The number of ether oxygens (including phenoxy) is 1. The second kappa shape index (κ2) is 3.34. The Balaban J connectivity index is 2.48. The maximum absolute atomic E-state index is 5.93. The molecule has 2 heterocycles. The normalized spacial score (nSPS) is 42.2. The van der Waals surface area contributed by atoms with Crippen LogP contribution >= 0.6 is 0 Å². The number of morpholine rings is 1. The largest absolute Gasteiger partial charge is 0.365 e. The Bertz CT molecular complexity index is 322. The van der Waals surface area contributed by atoms with E-state index in [0.29, 0.717) is 0 Å². The van der Waals surface area contributed by atoms with Crippen LogP contribution in [0.1, 0.15) is 0 Å². The Hall–Kier alpha value is -0.820. The van der Waals surface area contributed by atoms with Gasteiger partial charge in [-0.15, -0.1) is 13.0 Å². The van der Waals surface area contributed by atoms with E-state index in [0.717, 1.165) is 26.2 Å². The molecule has 0 saturated carbocycles. The smallest absolute Gasteiger partial charge is 0.129 e. The molecule has 0 aliphatic carbocycles. The van der Waals surface area contributed by atoms with Crippen molar-refractivity contribution in [3.63, 3.8) is 0 Å². The van der Waals surface area contributed by atoms with Crippen molar-refractivity contribution in [2.45, 2.75) is 11.1 Å². The predicted molar refractivity (Wildman–Crippen MR) is 60.6 cm³/mol. The van der Waals surface area contributed by atoms with Gasteiger partial charge in [0.15, 0.2) is 0 Å². The molecular formula is C12H18N2O. The predicted octanol–water partition coefficient (Wildman–Crippen LogP) is 0.191. The van der Waals surface area contributed by atoms with Crippen LogP contribution in [0, 0.1) is 12.3 Å². The van der Waals surface area contributed by atoms with Gasteiger partial charge in [-0.05, 0) is 14.1 Å². The van der Waals surface area contributed by atoms with E-state index in [1.54, 1.807) is 0 Å². The third kappa shape index (κ3) is 1.19. The van der Waals surface area contributed by atoms with Crippen LogP contribution in [-0.2, 0) is 4.74 Å². The molecule has 0 aromatic rings. The highest BCUT2D eigenvalue weighted by atomic mass is 16.5. The Morgan fingerprint density at radius 3 is 2.73 bits per heavy atom. The summed E-state index contributed by atoms with van der Waals surface area (Å²) >= 11 is 0. The zero-order valence-corrected chi connectivity index (χ0v) is 9.49. The number of nitrogens with zero attached hydrogens (tertiary/aromatic N) is 2. The first-order valence-electron chi connectivity index (χ1n) is 5.25. The Morgan fingerprint density at radius 1 is 1.47 bits per heavy atom. The lowest BCUT2D eigenvalue weighted by atomic mass is 9.80. The SMILES string of the molecule is C#C[C@@]12CN(C)C[C@]1(C=C)OCCN2C. The minimum atomic E-state index is -0.399. The number of fused-ring (bicyclic) bond motifs is 1. The molecule has 0 amide bonds. The molecule has 15 heavy (non-hydrogen) atoms. The summed E-state index contributed by atoms with van der Waals surface area (Å²) in [5.74, 6) is 2.94. The van der Waals surface area contributed by atoms with Gasteiger partial charge in [0, 0.05) is 19.6 Å². The molecule has 2 atom stereocenters. The number of likely N-dealkylation sites (N-methyl/N-ethyl adjacent to an activating group) is 2. The summed E-state index contributed by atoms with van der Waals surface area (Å²) in [6.07, 6.45) is 7.63. The molecular weight excluding hydrogens is 188 g/mol. The molecule has 2 aliphatic rings. The highest BCUT2D eigenvalue weighted by molar-refractivity contribution is 5.34. The monoisotopic (exact) mass is 206 g/mol. The van der Waals surface area contributed by atoms with E-state index in [1.165, 1.54) is 0 Å². The minimum Gasteiger partial charge on any atom is -0.365 e. The van der Waals surface area contributed by atoms with E-state index < -0.39 is 5.60 Å². The first kappa shape index (κ1) is 10.7. The van der Waals surface area contributed by atoms with Crippen LogP contribution in [-0.4, -0.2) is 61.3 Å². The first-order valence-corrected chi connectivity index (χ1v) is 5.25. The molecule has 0 radical (unpaired) electrons. The molecule has 0 aromatic heterocycles. The molecule has 3 heteroatoms. The maximum atomic E-state index is 5.93. The van der Waals surface area contributed by atoms with Gasteiger partial charge >= 0.3 is 0 Å². The van der Waals surface area contributed by atoms with Crippen LogP contribution in [0.5, 0.6) is 0 Å². The first-order chi connectivity index (χ1) is 7.10. The summed E-state index contributed by atoms with van der Waals surface area (Å²) in [7, 11) is 4.14. The van der Waals surface area contributed by atoms with Gasteiger partial charge in [-0.3, -0.25) is 4.90 Å². The summed E-state index contributed by atoms with van der Waals surface area (Å²) in [6.45, 7) is 7.17. The molecule has 2 saturated heterocycles. The summed E-state index contributed by atoms with van der Waals surface area (Å²) in [5, 5.41) is 0. The summed E-state index contributed by atoms with van der Waals surface area (Å²) in [4.78, 5) is 4.44. The van der Waals surface area contributed by atoms with Crippen molar-refractivity contribution in [2.75, 3.05) is 40.3 Å². The maximum Gasteiger partial charge on any atom is 0.129 e. The molecule has 82 valence electrons. The highest BCUT2D eigenvalue weighted by Gasteiger charge is 2.59.